The number of hydrogen-bond donors (Lipinski definition) is 1. The Morgan fingerprint density at radius 1 is 1.21 bits per heavy atom. The van der Waals surface area contributed by atoms with Crippen LogP contribution >= 0.6 is 34.4 Å². The predicted octanol–water partition coefficient (Wildman–Crippen LogP) is 4.19. The molecule has 5 rings (SSSR count). The summed E-state index contributed by atoms with van der Waals surface area (Å²) in [4.78, 5) is 57.9. The van der Waals surface area contributed by atoms with Crippen LogP contribution in [-0.2, 0) is 4.79 Å². The molecule has 3 amide bonds. The second-order valence-electron chi connectivity index (χ2n) is 6.71. The number of aromatic nitrogens is 2. The maximum atomic E-state index is 12.9. The zero-order valence-electron chi connectivity index (χ0n) is 16.4. The number of fused-ring (bicyclic) bond motifs is 2. The molecule has 1 aliphatic rings. The summed E-state index contributed by atoms with van der Waals surface area (Å²) in [7, 11) is 0. The molecule has 4 aromatic rings. The summed E-state index contributed by atoms with van der Waals surface area (Å²) >= 11 is 3.90. The van der Waals surface area contributed by atoms with Gasteiger partial charge in [0.05, 0.1) is 32.1 Å². The number of thioether (sulfide) groups is 1. The Morgan fingerprint density at radius 2 is 2.06 bits per heavy atom. The van der Waals surface area contributed by atoms with Crippen LogP contribution < -0.4 is 10.2 Å². The first kappa shape index (κ1) is 21.2. The predicted molar refractivity (Wildman–Crippen MR) is 125 cm³/mol. The summed E-state index contributed by atoms with van der Waals surface area (Å²) in [5.74, 6) is -1.41. The quantitative estimate of drug-likeness (QED) is 0.181. The van der Waals surface area contributed by atoms with Gasteiger partial charge in [-0.05, 0) is 24.3 Å². The third-order valence-electron chi connectivity index (χ3n) is 4.71. The molecule has 13 heteroatoms. The van der Waals surface area contributed by atoms with Gasteiger partial charge >= 0.3 is 0 Å². The highest BCUT2D eigenvalue weighted by Gasteiger charge is 2.41. The van der Waals surface area contributed by atoms with Crippen molar-refractivity contribution in [3.05, 3.63) is 69.2 Å². The Balaban J connectivity index is 1.37. The molecule has 33 heavy (non-hydrogen) atoms. The van der Waals surface area contributed by atoms with Gasteiger partial charge in [0.15, 0.2) is 9.47 Å². The highest BCUT2D eigenvalue weighted by atomic mass is 32.2. The van der Waals surface area contributed by atoms with Crippen molar-refractivity contribution in [2.75, 3.05) is 16.0 Å². The van der Waals surface area contributed by atoms with Crippen molar-refractivity contribution in [3.8, 4) is 0 Å². The number of carbonyl (C=O) groups is 3. The topological polar surface area (TPSA) is 135 Å². The summed E-state index contributed by atoms with van der Waals surface area (Å²) in [6, 6.07) is 8.86. The van der Waals surface area contributed by atoms with Crippen molar-refractivity contribution < 1.29 is 19.3 Å². The Labute approximate surface area is 197 Å². The van der Waals surface area contributed by atoms with E-state index < -0.39 is 22.4 Å². The molecule has 0 saturated carbocycles. The third-order valence-corrected chi connectivity index (χ3v) is 7.56. The second-order valence-corrected chi connectivity index (χ2v) is 9.86. The van der Waals surface area contributed by atoms with E-state index >= 15 is 0 Å². The van der Waals surface area contributed by atoms with Crippen LogP contribution in [-0.4, -0.2) is 38.4 Å². The van der Waals surface area contributed by atoms with Gasteiger partial charge in [0.25, 0.3) is 17.5 Å². The van der Waals surface area contributed by atoms with Crippen LogP contribution in [0.15, 0.2) is 52.3 Å². The van der Waals surface area contributed by atoms with Crippen LogP contribution in [0.3, 0.4) is 0 Å². The molecular formula is C20H11N5O5S3. The smallest absolute Gasteiger partial charge is 0.283 e. The third kappa shape index (κ3) is 3.86. The first-order valence-corrected chi connectivity index (χ1v) is 12.0. The van der Waals surface area contributed by atoms with E-state index in [0.717, 1.165) is 4.90 Å². The number of nitro groups is 1. The highest BCUT2D eigenvalue weighted by Crippen LogP contribution is 2.37. The largest absolute Gasteiger partial charge is 0.301 e. The molecule has 0 bridgehead atoms. The minimum atomic E-state index is -0.736. The van der Waals surface area contributed by atoms with E-state index in [1.54, 1.807) is 29.8 Å². The van der Waals surface area contributed by atoms with Gasteiger partial charge in [-0.1, -0.05) is 17.8 Å². The second kappa shape index (κ2) is 8.35. The zero-order chi connectivity index (χ0) is 23.1. The Kier molecular flexibility index (Phi) is 5.36. The van der Waals surface area contributed by atoms with E-state index in [4.69, 9.17) is 0 Å². The number of carbonyl (C=O) groups excluding carboxylic acids is 3. The van der Waals surface area contributed by atoms with Crippen LogP contribution in [0, 0.1) is 10.1 Å². The molecule has 0 spiro atoms. The monoisotopic (exact) mass is 497 g/mol. The fourth-order valence-corrected chi connectivity index (χ4v) is 5.76. The number of benzene rings is 2. The van der Waals surface area contributed by atoms with Crippen molar-refractivity contribution in [2.24, 2.45) is 0 Å². The lowest BCUT2D eigenvalue weighted by Crippen LogP contribution is -2.29. The lowest BCUT2D eigenvalue weighted by Gasteiger charge is -2.13. The van der Waals surface area contributed by atoms with Gasteiger partial charge in [-0.3, -0.25) is 24.5 Å². The van der Waals surface area contributed by atoms with Crippen LogP contribution in [0.25, 0.3) is 10.2 Å². The van der Waals surface area contributed by atoms with Gasteiger partial charge < -0.3 is 5.32 Å². The molecule has 2 aromatic carbocycles. The summed E-state index contributed by atoms with van der Waals surface area (Å²) < 4.78 is 1.36. The molecule has 0 radical (unpaired) electrons. The maximum Gasteiger partial charge on any atom is 0.283 e. The highest BCUT2D eigenvalue weighted by molar-refractivity contribution is 8.01. The molecule has 2 aromatic heterocycles. The molecule has 164 valence electrons. The van der Waals surface area contributed by atoms with E-state index in [0.29, 0.717) is 25.4 Å². The van der Waals surface area contributed by atoms with Crippen LogP contribution in [0.5, 0.6) is 0 Å². The first-order valence-electron chi connectivity index (χ1n) is 9.31. The Morgan fingerprint density at radius 3 is 2.82 bits per heavy atom. The summed E-state index contributed by atoms with van der Waals surface area (Å²) in [6.45, 7) is 0. The van der Waals surface area contributed by atoms with E-state index in [1.165, 1.54) is 52.6 Å². The van der Waals surface area contributed by atoms with Crippen molar-refractivity contribution >= 4 is 78.9 Å². The number of imide groups is 1. The van der Waals surface area contributed by atoms with Gasteiger partial charge in [0.1, 0.15) is 5.56 Å². The number of rotatable bonds is 6. The van der Waals surface area contributed by atoms with Gasteiger partial charge in [0, 0.05) is 17.6 Å². The van der Waals surface area contributed by atoms with Crippen LogP contribution in [0.4, 0.5) is 16.5 Å². The molecule has 0 atom stereocenters. The molecule has 3 heterocycles. The number of nitrogens with zero attached hydrogens (tertiary/aromatic N) is 4. The minimum Gasteiger partial charge on any atom is -0.301 e. The normalized spacial score (nSPS) is 12.9. The number of nitrogens with one attached hydrogen (secondary N) is 1. The molecule has 0 aliphatic carbocycles. The number of hydrogen-bond acceptors (Lipinski definition) is 10. The Bertz CT molecular complexity index is 1450. The zero-order valence-corrected chi connectivity index (χ0v) is 18.8. The van der Waals surface area contributed by atoms with Crippen molar-refractivity contribution in [1.82, 2.24) is 9.97 Å². The van der Waals surface area contributed by atoms with Crippen molar-refractivity contribution in [1.29, 1.82) is 0 Å². The number of nitro benzene ring substituents is 1. The number of anilines is 2. The van der Waals surface area contributed by atoms with Gasteiger partial charge in [0.2, 0.25) is 5.91 Å². The number of amides is 3. The molecule has 1 aliphatic heterocycles. The van der Waals surface area contributed by atoms with Crippen molar-refractivity contribution in [3.63, 3.8) is 0 Å². The van der Waals surface area contributed by atoms with E-state index in [2.05, 4.69) is 15.3 Å². The molecular weight excluding hydrogens is 486 g/mol. The maximum absolute atomic E-state index is 12.9. The Hall–Kier alpha value is -3.68. The lowest BCUT2D eigenvalue weighted by atomic mass is 10.1. The first-order chi connectivity index (χ1) is 15.9. The summed E-state index contributed by atoms with van der Waals surface area (Å²) in [5, 5.41) is 16.3. The minimum absolute atomic E-state index is 0.00101. The average Bonchev–Trinajstić information content (AvgIpc) is 3.51. The molecule has 0 saturated heterocycles. The summed E-state index contributed by atoms with van der Waals surface area (Å²) in [6.07, 6.45) is 1.60. The van der Waals surface area contributed by atoms with Crippen molar-refractivity contribution in [2.45, 2.75) is 4.34 Å². The molecule has 0 fully saturated rings. The average molecular weight is 498 g/mol. The number of thiazole rings is 2. The standard InChI is InChI=1S/C20H11N5O5S3/c26-15(23-19-21-6-7-31-19)9-32-20-22-12-5-4-10(8-14(12)33-20)24-17(27)11-2-1-3-13(25(29)30)16(11)18(24)28/h1-8H,9H2,(H,21,23,26). The van der Waals surface area contributed by atoms with E-state index in [-0.39, 0.29) is 22.8 Å². The van der Waals surface area contributed by atoms with E-state index in [9.17, 15) is 24.5 Å². The molecule has 1 N–H and O–H groups in total. The van der Waals surface area contributed by atoms with Gasteiger partial charge in [-0.15, -0.1) is 22.7 Å². The fraction of sp³-hybridized carbons (Fsp3) is 0.0500. The summed E-state index contributed by atoms with van der Waals surface area (Å²) in [5.41, 5.74) is 0.335. The van der Waals surface area contributed by atoms with Gasteiger partial charge in [-0.25, -0.2) is 14.9 Å². The van der Waals surface area contributed by atoms with Crippen LogP contribution in [0.1, 0.15) is 20.7 Å². The van der Waals surface area contributed by atoms with Gasteiger partial charge in [-0.2, -0.15) is 0 Å². The lowest BCUT2D eigenvalue weighted by molar-refractivity contribution is -0.385. The van der Waals surface area contributed by atoms with E-state index in [1.807, 2.05) is 0 Å². The molecule has 0 unspecified atom stereocenters. The SMILES string of the molecule is O=C(CSc1nc2ccc(N3C(=O)c4cccc([N+](=O)[O-])c4C3=O)cc2s1)Nc1nccs1. The molecule has 10 nitrogen and oxygen atoms in total. The fourth-order valence-electron chi connectivity index (χ4n) is 3.32. The van der Waals surface area contributed by atoms with Crippen LogP contribution in [0.2, 0.25) is 0 Å².